The van der Waals surface area contributed by atoms with E-state index in [0.29, 0.717) is 6.04 Å². The Morgan fingerprint density at radius 2 is 1.78 bits per heavy atom. The van der Waals surface area contributed by atoms with Crippen LogP contribution in [0.2, 0.25) is 0 Å². The van der Waals surface area contributed by atoms with Crippen molar-refractivity contribution in [1.29, 1.82) is 0 Å². The lowest BCUT2D eigenvalue weighted by atomic mass is 10.0. The number of rotatable bonds is 3. The quantitative estimate of drug-likeness (QED) is 0.473. The second-order valence-corrected chi connectivity index (χ2v) is 7.18. The summed E-state index contributed by atoms with van der Waals surface area (Å²) < 4.78 is 0. The molecule has 1 aromatic rings. The standard InChI is InChI=1S/C16H25N4O2P/c1-17-8-10-18(11-9-17)13-4-6-19(7-5-13)15-3-2-14(20(21)22)12-16(15)23/h2-3,12-13H,4-11,23H2,1H3. The van der Waals surface area contributed by atoms with Gasteiger partial charge in [-0.1, -0.05) is 0 Å². The number of nitro benzene ring substituents is 1. The van der Waals surface area contributed by atoms with Gasteiger partial charge >= 0.3 is 0 Å². The van der Waals surface area contributed by atoms with Crippen molar-refractivity contribution in [2.45, 2.75) is 18.9 Å². The summed E-state index contributed by atoms with van der Waals surface area (Å²) in [5, 5.41) is 11.8. The van der Waals surface area contributed by atoms with Crippen LogP contribution >= 0.6 is 9.24 Å². The minimum absolute atomic E-state index is 0.158. The van der Waals surface area contributed by atoms with Crippen molar-refractivity contribution in [3.05, 3.63) is 28.3 Å². The van der Waals surface area contributed by atoms with Gasteiger partial charge in [-0.25, -0.2) is 0 Å². The first kappa shape index (κ1) is 16.6. The van der Waals surface area contributed by atoms with Crippen LogP contribution in [-0.2, 0) is 0 Å². The topological polar surface area (TPSA) is 52.9 Å². The lowest BCUT2D eigenvalue weighted by Gasteiger charge is -2.42. The molecule has 0 bridgehead atoms. The number of nitrogens with zero attached hydrogens (tertiary/aromatic N) is 4. The van der Waals surface area contributed by atoms with E-state index in [1.54, 1.807) is 12.1 Å². The van der Waals surface area contributed by atoms with E-state index in [4.69, 9.17) is 0 Å². The van der Waals surface area contributed by atoms with E-state index in [1.165, 1.54) is 25.9 Å². The molecule has 0 radical (unpaired) electrons. The first-order chi connectivity index (χ1) is 11.0. The monoisotopic (exact) mass is 336 g/mol. The van der Waals surface area contributed by atoms with E-state index in [9.17, 15) is 10.1 Å². The van der Waals surface area contributed by atoms with Gasteiger partial charge in [0, 0.05) is 63.1 Å². The maximum Gasteiger partial charge on any atom is 0.270 e. The lowest BCUT2D eigenvalue weighted by molar-refractivity contribution is -0.384. The van der Waals surface area contributed by atoms with Crippen molar-refractivity contribution in [2.75, 3.05) is 51.2 Å². The molecule has 1 unspecified atom stereocenters. The van der Waals surface area contributed by atoms with Gasteiger partial charge in [0.2, 0.25) is 0 Å². The maximum atomic E-state index is 10.9. The number of piperidine rings is 1. The van der Waals surface area contributed by atoms with Gasteiger partial charge in [0.25, 0.3) is 5.69 Å². The molecule has 0 saturated carbocycles. The fraction of sp³-hybridized carbons (Fsp3) is 0.625. The predicted octanol–water partition coefficient (Wildman–Crippen LogP) is 1.31. The van der Waals surface area contributed by atoms with E-state index in [2.05, 4.69) is 31.0 Å². The predicted molar refractivity (Wildman–Crippen MR) is 96.7 cm³/mol. The molecular weight excluding hydrogens is 311 g/mol. The number of likely N-dealkylation sites (N-methyl/N-ethyl adjacent to an activating group) is 1. The normalized spacial score (nSPS) is 21.6. The number of non-ortho nitro benzene ring substituents is 1. The molecule has 2 fully saturated rings. The zero-order valence-corrected chi connectivity index (χ0v) is 14.8. The maximum absolute atomic E-state index is 10.9. The molecule has 0 spiro atoms. The van der Waals surface area contributed by atoms with Crippen molar-refractivity contribution < 1.29 is 4.92 Å². The Labute approximate surface area is 139 Å². The summed E-state index contributed by atoms with van der Waals surface area (Å²) in [5.41, 5.74) is 1.27. The number of benzene rings is 1. The summed E-state index contributed by atoms with van der Waals surface area (Å²) in [6.45, 7) is 6.73. The third-order valence-corrected chi connectivity index (χ3v) is 5.54. The average molecular weight is 336 g/mol. The molecule has 0 amide bonds. The minimum atomic E-state index is -0.336. The Kier molecular flexibility index (Phi) is 5.14. The van der Waals surface area contributed by atoms with Gasteiger partial charge in [0.05, 0.1) is 4.92 Å². The van der Waals surface area contributed by atoms with Crippen LogP contribution in [0.5, 0.6) is 0 Å². The van der Waals surface area contributed by atoms with Crippen LogP contribution in [-0.4, -0.2) is 67.1 Å². The SMILES string of the molecule is CN1CCN(C2CCN(c3ccc([N+](=O)[O-])cc3P)CC2)CC1. The Hall–Kier alpha value is -1.23. The molecular formula is C16H25N4O2P. The molecule has 2 heterocycles. The summed E-state index contributed by atoms with van der Waals surface area (Å²) in [6.07, 6.45) is 2.34. The smallest absolute Gasteiger partial charge is 0.270 e. The van der Waals surface area contributed by atoms with Crippen LogP contribution in [0.15, 0.2) is 18.2 Å². The Balaban J connectivity index is 1.59. The number of anilines is 1. The second kappa shape index (κ2) is 7.12. The fourth-order valence-electron chi connectivity index (χ4n) is 3.60. The third-order valence-electron chi connectivity index (χ3n) is 5.08. The minimum Gasteiger partial charge on any atom is -0.371 e. The molecule has 2 saturated heterocycles. The molecule has 0 aliphatic carbocycles. The summed E-state index contributed by atoms with van der Waals surface area (Å²) in [7, 11) is 4.83. The van der Waals surface area contributed by atoms with Gasteiger partial charge in [-0.15, -0.1) is 9.24 Å². The van der Waals surface area contributed by atoms with Crippen LogP contribution in [0, 0.1) is 10.1 Å². The Bertz CT molecular complexity index is 567. The third kappa shape index (κ3) is 3.82. The number of hydrogen-bond donors (Lipinski definition) is 0. The molecule has 0 N–H and O–H groups in total. The van der Waals surface area contributed by atoms with Gasteiger partial charge in [-0.3, -0.25) is 15.0 Å². The first-order valence-electron chi connectivity index (χ1n) is 8.26. The van der Waals surface area contributed by atoms with Crippen molar-refractivity contribution in [3.8, 4) is 0 Å². The first-order valence-corrected chi connectivity index (χ1v) is 8.84. The second-order valence-electron chi connectivity index (χ2n) is 6.56. The lowest BCUT2D eigenvalue weighted by Crippen LogP contribution is -2.52. The van der Waals surface area contributed by atoms with Crippen LogP contribution in [0.25, 0.3) is 0 Å². The molecule has 3 rings (SSSR count). The van der Waals surface area contributed by atoms with Gasteiger partial charge in [0.15, 0.2) is 0 Å². The van der Waals surface area contributed by atoms with Crippen LogP contribution in [0.1, 0.15) is 12.8 Å². The van der Waals surface area contributed by atoms with Crippen molar-refractivity contribution in [3.63, 3.8) is 0 Å². The summed E-state index contributed by atoms with van der Waals surface area (Å²) in [4.78, 5) is 17.9. The van der Waals surface area contributed by atoms with Crippen molar-refractivity contribution in [1.82, 2.24) is 9.80 Å². The molecule has 1 aromatic carbocycles. The van der Waals surface area contributed by atoms with Crippen LogP contribution in [0.4, 0.5) is 11.4 Å². The number of piperazine rings is 1. The highest BCUT2D eigenvalue weighted by Crippen LogP contribution is 2.25. The molecule has 7 heteroatoms. The molecule has 6 nitrogen and oxygen atoms in total. The van der Waals surface area contributed by atoms with E-state index in [-0.39, 0.29) is 10.6 Å². The average Bonchev–Trinajstić information content (AvgIpc) is 2.56. The molecule has 1 atom stereocenters. The molecule has 2 aliphatic rings. The van der Waals surface area contributed by atoms with E-state index in [0.717, 1.165) is 37.2 Å². The van der Waals surface area contributed by atoms with Gasteiger partial charge in [0.1, 0.15) is 0 Å². The molecule has 0 aromatic heterocycles. The Morgan fingerprint density at radius 3 is 2.35 bits per heavy atom. The fourth-order valence-corrected chi connectivity index (χ4v) is 4.05. The molecule has 126 valence electrons. The highest BCUT2D eigenvalue weighted by Gasteiger charge is 2.27. The van der Waals surface area contributed by atoms with Crippen molar-refractivity contribution >= 4 is 25.9 Å². The molecule has 2 aliphatic heterocycles. The number of hydrogen-bond acceptors (Lipinski definition) is 5. The Morgan fingerprint density at radius 1 is 1.13 bits per heavy atom. The number of nitro groups is 1. The van der Waals surface area contributed by atoms with Gasteiger partial charge in [-0.2, -0.15) is 0 Å². The van der Waals surface area contributed by atoms with E-state index in [1.807, 2.05) is 6.07 Å². The van der Waals surface area contributed by atoms with Crippen molar-refractivity contribution in [2.24, 2.45) is 0 Å². The van der Waals surface area contributed by atoms with Gasteiger partial charge in [-0.05, 0) is 31.3 Å². The molecule has 23 heavy (non-hydrogen) atoms. The van der Waals surface area contributed by atoms with E-state index >= 15 is 0 Å². The van der Waals surface area contributed by atoms with Crippen LogP contribution in [0.3, 0.4) is 0 Å². The highest BCUT2D eigenvalue weighted by molar-refractivity contribution is 7.28. The highest BCUT2D eigenvalue weighted by atomic mass is 31.0. The van der Waals surface area contributed by atoms with E-state index < -0.39 is 0 Å². The van der Waals surface area contributed by atoms with Crippen LogP contribution < -0.4 is 10.2 Å². The summed E-state index contributed by atoms with van der Waals surface area (Å²) in [5.74, 6) is 0. The summed E-state index contributed by atoms with van der Waals surface area (Å²) >= 11 is 0. The zero-order chi connectivity index (χ0) is 16.4. The summed E-state index contributed by atoms with van der Waals surface area (Å²) in [6, 6.07) is 5.82. The largest absolute Gasteiger partial charge is 0.371 e. The zero-order valence-electron chi connectivity index (χ0n) is 13.6. The van der Waals surface area contributed by atoms with Gasteiger partial charge < -0.3 is 9.80 Å².